The van der Waals surface area contributed by atoms with Crippen LogP contribution in [0.3, 0.4) is 0 Å². The van der Waals surface area contributed by atoms with E-state index in [1.165, 1.54) is 6.20 Å². The van der Waals surface area contributed by atoms with Crippen LogP contribution in [0, 0.1) is 6.92 Å². The van der Waals surface area contributed by atoms with Crippen molar-refractivity contribution in [1.82, 2.24) is 29.9 Å². The molecule has 3 aromatic heterocycles. The molecule has 10 heteroatoms. The minimum absolute atomic E-state index is 0.204. The molecule has 2 amide bonds. The summed E-state index contributed by atoms with van der Waals surface area (Å²) in [6.45, 7) is 2.31. The Bertz CT molecular complexity index is 1030. The molecule has 10 nitrogen and oxygen atoms in total. The fourth-order valence-electron chi connectivity index (χ4n) is 3.51. The summed E-state index contributed by atoms with van der Waals surface area (Å²) in [6.07, 6.45) is 9.27. The molecule has 0 saturated carbocycles. The zero-order valence-corrected chi connectivity index (χ0v) is 16.0. The van der Waals surface area contributed by atoms with Crippen LogP contribution in [0.15, 0.2) is 36.9 Å². The van der Waals surface area contributed by atoms with E-state index in [-0.39, 0.29) is 6.04 Å². The number of pyridine rings is 1. The number of aromatic amines is 1. The van der Waals surface area contributed by atoms with Crippen LogP contribution in [0.25, 0.3) is 5.82 Å². The number of rotatable bonds is 3. The normalized spacial score (nSPS) is 16.6. The maximum Gasteiger partial charge on any atom is 0.313 e. The van der Waals surface area contributed by atoms with Crippen LogP contribution in [0.5, 0.6) is 0 Å². The number of nitrogens with zero attached hydrogens (tertiary/aromatic N) is 5. The molecule has 29 heavy (non-hydrogen) atoms. The fourth-order valence-corrected chi connectivity index (χ4v) is 3.51. The zero-order chi connectivity index (χ0) is 20.4. The topological polar surface area (TPSA) is 135 Å². The molecule has 4 N–H and O–H groups in total. The minimum atomic E-state index is -0.691. The summed E-state index contributed by atoms with van der Waals surface area (Å²) < 4.78 is 1.67. The largest absolute Gasteiger partial charge is 0.383 e. The number of amides is 2. The van der Waals surface area contributed by atoms with Crippen molar-refractivity contribution < 1.29 is 9.59 Å². The van der Waals surface area contributed by atoms with Gasteiger partial charge in [0.1, 0.15) is 11.6 Å². The van der Waals surface area contributed by atoms with Crippen molar-refractivity contribution in [2.75, 3.05) is 17.6 Å². The second-order valence-electron chi connectivity index (χ2n) is 7.05. The highest BCUT2D eigenvalue weighted by molar-refractivity contribution is 6.39. The van der Waals surface area contributed by atoms with E-state index in [4.69, 9.17) is 5.73 Å². The number of hydrogen-bond acceptors (Lipinski definition) is 6. The maximum atomic E-state index is 12.9. The fraction of sp³-hybridized carbons (Fsp3) is 0.316. The molecule has 1 atom stereocenters. The van der Waals surface area contributed by atoms with Gasteiger partial charge < -0.3 is 16.0 Å². The van der Waals surface area contributed by atoms with E-state index < -0.39 is 11.8 Å². The molecule has 0 aliphatic carbocycles. The van der Waals surface area contributed by atoms with E-state index in [0.29, 0.717) is 18.1 Å². The average molecular weight is 394 g/mol. The summed E-state index contributed by atoms with van der Waals surface area (Å²) in [7, 11) is 0. The van der Waals surface area contributed by atoms with Gasteiger partial charge in [0.2, 0.25) is 0 Å². The van der Waals surface area contributed by atoms with Gasteiger partial charge in [0.05, 0.1) is 30.3 Å². The third-order valence-electron chi connectivity index (χ3n) is 5.05. The third-order valence-corrected chi connectivity index (χ3v) is 5.05. The Morgan fingerprint density at radius 1 is 1.31 bits per heavy atom. The summed E-state index contributed by atoms with van der Waals surface area (Å²) in [5.74, 6) is -0.143. The average Bonchev–Trinajstić information content (AvgIpc) is 3.42. The smallest absolute Gasteiger partial charge is 0.313 e. The first-order valence-corrected chi connectivity index (χ1v) is 9.41. The van der Waals surface area contributed by atoms with Crippen molar-refractivity contribution in [3.05, 3.63) is 48.0 Å². The van der Waals surface area contributed by atoms with Gasteiger partial charge in [0.15, 0.2) is 0 Å². The Hall–Kier alpha value is -3.69. The Labute approximate surface area is 167 Å². The lowest BCUT2D eigenvalue weighted by Gasteiger charge is -2.34. The number of anilines is 2. The zero-order valence-electron chi connectivity index (χ0n) is 16.0. The van der Waals surface area contributed by atoms with Gasteiger partial charge in [0, 0.05) is 24.4 Å². The third kappa shape index (κ3) is 3.82. The molecular weight excluding hydrogens is 372 g/mol. The summed E-state index contributed by atoms with van der Waals surface area (Å²) in [5.41, 5.74) is 7.76. The minimum Gasteiger partial charge on any atom is -0.383 e. The lowest BCUT2D eigenvalue weighted by Crippen LogP contribution is -2.44. The van der Waals surface area contributed by atoms with E-state index in [1.807, 2.05) is 6.20 Å². The summed E-state index contributed by atoms with van der Waals surface area (Å²) >= 11 is 0. The number of H-pyrrole nitrogens is 1. The second kappa shape index (κ2) is 7.74. The first kappa shape index (κ1) is 18.7. The van der Waals surface area contributed by atoms with Gasteiger partial charge in [-0.2, -0.15) is 10.2 Å². The number of aromatic nitrogens is 5. The molecule has 3 aromatic rings. The standard InChI is InChI=1S/C19H22N8O2/c1-12-8-14(10-21-17(12)20)24-18(28)19(29)26-7-3-2-4-15(26)13-9-23-27(11-13)16-5-6-22-25-16/h5-6,8-11,15H,2-4,7H2,1H3,(H2,20,21)(H,22,25)(H,24,28)/t15-/m0/s1. The number of likely N-dealkylation sites (tertiary alicyclic amines) is 1. The van der Waals surface area contributed by atoms with Crippen LogP contribution in [-0.2, 0) is 9.59 Å². The number of nitrogens with two attached hydrogens (primary N) is 1. The highest BCUT2D eigenvalue weighted by atomic mass is 16.2. The van der Waals surface area contributed by atoms with Gasteiger partial charge >= 0.3 is 11.8 Å². The molecule has 0 radical (unpaired) electrons. The van der Waals surface area contributed by atoms with Crippen LogP contribution in [0.4, 0.5) is 11.5 Å². The second-order valence-corrected chi connectivity index (χ2v) is 7.05. The van der Waals surface area contributed by atoms with Gasteiger partial charge in [-0.1, -0.05) is 0 Å². The van der Waals surface area contributed by atoms with E-state index in [9.17, 15) is 9.59 Å². The van der Waals surface area contributed by atoms with Crippen LogP contribution in [0.2, 0.25) is 0 Å². The van der Waals surface area contributed by atoms with Gasteiger partial charge in [-0.3, -0.25) is 14.7 Å². The van der Waals surface area contributed by atoms with E-state index >= 15 is 0 Å². The molecular formula is C19H22N8O2. The van der Waals surface area contributed by atoms with Crippen LogP contribution in [-0.4, -0.2) is 48.2 Å². The summed E-state index contributed by atoms with van der Waals surface area (Å²) in [4.78, 5) is 31.1. The Morgan fingerprint density at radius 2 is 2.17 bits per heavy atom. The molecule has 1 saturated heterocycles. The van der Waals surface area contributed by atoms with E-state index in [0.717, 1.165) is 36.2 Å². The van der Waals surface area contributed by atoms with Crippen molar-refractivity contribution in [1.29, 1.82) is 0 Å². The van der Waals surface area contributed by atoms with Gasteiger partial charge in [-0.05, 0) is 37.8 Å². The number of piperidine rings is 1. The molecule has 150 valence electrons. The lowest BCUT2D eigenvalue weighted by atomic mass is 9.97. The van der Waals surface area contributed by atoms with Crippen molar-refractivity contribution in [2.45, 2.75) is 32.2 Å². The molecule has 0 bridgehead atoms. The Balaban J connectivity index is 1.51. The summed E-state index contributed by atoms with van der Waals surface area (Å²) in [6, 6.07) is 3.29. The van der Waals surface area contributed by atoms with E-state index in [1.54, 1.807) is 41.0 Å². The van der Waals surface area contributed by atoms with Gasteiger partial charge in [-0.25, -0.2) is 9.67 Å². The van der Waals surface area contributed by atoms with Crippen LogP contribution in [0.1, 0.15) is 36.4 Å². The molecule has 0 spiro atoms. The van der Waals surface area contributed by atoms with Crippen molar-refractivity contribution in [3.8, 4) is 5.82 Å². The number of hydrogen-bond donors (Lipinski definition) is 3. The lowest BCUT2D eigenvalue weighted by molar-refractivity contribution is -0.145. The van der Waals surface area contributed by atoms with Crippen molar-refractivity contribution in [3.63, 3.8) is 0 Å². The molecule has 4 heterocycles. The van der Waals surface area contributed by atoms with Gasteiger partial charge in [-0.15, -0.1) is 0 Å². The Morgan fingerprint density at radius 3 is 2.93 bits per heavy atom. The summed E-state index contributed by atoms with van der Waals surface area (Å²) in [5, 5.41) is 13.7. The van der Waals surface area contributed by atoms with Crippen molar-refractivity contribution in [2.24, 2.45) is 0 Å². The highest BCUT2D eigenvalue weighted by Gasteiger charge is 2.32. The molecule has 1 aliphatic heterocycles. The van der Waals surface area contributed by atoms with Crippen LogP contribution < -0.4 is 11.1 Å². The first-order valence-electron chi connectivity index (χ1n) is 9.41. The molecule has 4 rings (SSSR count). The Kier molecular flexibility index (Phi) is 4.98. The monoisotopic (exact) mass is 394 g/mol. The molecule has 0 aromatic carbocycles. The number of aryl methyl sites for hydroxylation is 1. The predicted octanol–water partition coefficient (Wildman–Crippen LogP) is 1.57. The maximum absolute atomic E-state index is 12.9. The SMILES string of the molecule is Cc1cc(NC(=O)C(=O)N2CCCC[C@H]2c2cnn(-c3ccn[nH]3)c2)cnc1N. The number of nitrogen functional groups attached to an aromatic ring is 1. The predicted molar refractivity (Wildman–Crippen MR) is 106 cm³/mol. The number of nitrogens with one attached hydrogen (secondary N) is 2. The molecule has 0 unspecified atom stereocenters. The first-order chi connectivity index (χ1) is 14.0. The highest BCUT2D eigenvalue weighted by Crippen LogP contribution is 2.31. The van der Waals surface area contributed by atoms with Crippen LogP contribution >= 0.6 is 0 Å². The quantitative estimate of drug-likeness (QED) is 0.577. The number of carbonyl (C=O) groups is 2. The molecule has 1 fully saturated rings. The van der Waals surface area contributed by atoms with E-state index in [2.05, 4.69) is 25.6 Å². The van der Waals surface area contributed by atoms with Gasteiger partial charge in [0.25, 0.3) is 0 Å². The molecule has 1 aliphatic rings. The number of carbonyl (C=O) groups excluding carboxylic acids is 2. The van der Waals surface area contributed by atoms with Crippen molar-refractivity contribution >= 4 is 23.3 Å².